The van der Waals surface area contributed by atoms with Gasteiger partial charge in [-0.25, -0.2) is 9.59 Å². The Morgan fingerprint density at radius 1 is 1.09 bits per heavy atom. The Hall–Kier alpha value is -3.52. The lowest BCUT2D eigenvalue weighted by Gasteiger charge is -2.38. The number of urea groups is 1. The third-order valence-corrected chi connectivity index (χ3v) is 6.54. The monoisotopic (exact) mass is 478 g/mol. The van der Waals surface area contributed by atoms with Crippen LogP contribution in [0, 0.1) is 13.8 Å². The van der Waals surface area contributed by atoms with Crippen molar-refractivity contribution in [1.29, 1.82) is 0 Å². The lowest BCUT2D eigenvalue weighted by molar-refractivity contribution is -0.139. The fourth-order valence-corrected chi connectivity index (χ4v) is 4.69. The van der Waals surface area contributed by atoms with Crippen molar-refractivity contribution in [3.05, 3.63) is 70.4 Å². The minimum atomic E-state index is -0.621. The van der Waals surface area contributed by atoms with E-state index in [4.69, 9.17) is 9.47 Å². The van der Waals surface area contributed by atoms with E-state index in [1.165, 1.54) is 16.8 Å². The van der Waals surface area contributed by atoms with Gasteiger partial charge < -0.3 is 25.0 Å². The number of esters is 1. The molecule has 2 heterocycles. The molecule has 0 aromatic heterocycles. The first-order valence-corrected chi connectivity index (χ1v) is 12.1. The van der Waals surface area contributed by atoms with Gasteiger partial charge in [-0.2, -0.15) is 0 Å². The van der Waals surface area contributed by atoms with E-state index < -0.39 is 12.0 Å². The average molecular weight is 479 g/mol. The van der Waals surface area contributed by atoms with Crippen LogP contribution in [0.4, 0.5) is 10.5 Å². The number of aryl methyl sites for hydroxylation is 2. The Morgan fingerprint density at radius 3 is 2.57 bits per heavy atom. The van der Waals surface area contributed by atoms with Crippen LogP contribution >= 0.6 is 0 Å². The molecular weight excluding hydrogens is 444 g/mol. The maximum atomic E-state index is 13.1. The molecular formula is C27H34N4O4. The van der Waals surface area contributed by atoms with Gasteiger partial charge >= 0.3 is 12.0 Å². The largest absolute Gasteiger partial charge is 0.497 e. The number of amides is 2. The van der Waals surface area contributed by atoms with Gasteiger partial charge in [0, 0.05) is 44.1 Å². The highest BCUT2D eigenvalue weighted by Gasteiger charge is 2.35. The van der Waals surface area contributed by atoms with Crippen LogP contribution in [0.2, 0.25) is 0 Å². The lowest BCUT2D eigenvalue weighted by atomic mass is 9.94. The molecule has 0 unspecified atom stereocenters. The van der Waals surface area contributed by atoms with Crippen molar-refractivity contribution in [3.8, 4) is 5.75 Å². The summed E-state index contributed by atoms with van der Waals surface area (Å²) in [6, 6.07) is 13.0. The number of anilines is 1. The van der Waals surface area contributed by atoms with Crippen molar-refractivity contribution in [1.82, 2.24) is 15.5 Å². The molecule has 1 saturated heterocycles. The van der Waals surface area contributed by atoms with Gasteiger partial charge in [0.25, 0.3) is 0 Å². The SMILES string of the molecule is CCOC(=O)C1=C(CN2CCN(c3cc(C)ccc3C)CC2)NC(=O)N[C@H]1c1cccc(OC)c1. The number of nitrogens with zero attached hydrogens (tertiary/aromatic N) is 2. The molecule has 8 nitrogen and oxygen atoms in total. The number of rotatable bonds is 7. The van der Waals surface area contributed by atoms with E-state index in [1.54, 1.807) is 14.0 Å². The Bertz CT molecular complexity index is 1120. The zero-order valence-corrected chi connectivity index (χ0v) is 20.9. The van der Waals surface area contributed by atoms with Gasteiger partial charge in [0.2, 0.25) is 0 Å². The van der Waals surface area contributed by atoms with Gasteiger partial charge in [0.15, 0.2) is 0 Å². The fraction of sp³-hybridized carbons (Fsp3) is 0.407. The third-order valence-electron chi connectivity index (χ3n) is 6.54. The van der Waals surface area contributed by atoms with Crippen LogP contribution in [-0.2, 0) is 9.53 Å². The van der Waals surface area contributed by atoms with E-state index in [1.807, 2.05) is 24.3 Å². The van der Waals surface area contributed by atoms with Crippen LogP contribution < -0.4 is 20.3 Å². The Morgan fingerprint density at radius 2 is 1.86 bits per heavy atom. The highest BCUT2D eigenvalue weighted by atomic mass is 16.5. The molecule has 2 amide bonds. The zero-order valence-electron chi connectivity index (χ0n) is 20.9. The molecule has 0 spiro atoms. The molecule has 1 fully saturated rings. The average Bonchev–Trinajstić information content (AvgIpc) is 2.86. The highest BCUT2D eigenvalue weighted by Crippen LogP contribution is 2.30. The fourth-order valence-electron chi connectivity index (χ4n) is 4.69. The van der Waals surface area contributed by atoms with E-state index in [-0.39, 0.29) is 12.6 Å². The van der Waals surface area contributed by atoms with E-state index in [0.717, 1.165) is 31.7 Å². The number of carbonyl (C=O) groups excluding carboxylic acids is 2. The van der Waals surface area contributed by atoms with Crippen molar-refractivity contribution in [3.63, 3.8) is 0 Å². The van der Waals surface area contributed by atoms with Crippen LogP contribution in [0.5, 0.6) is 5.75 Å². The number of piperazine rings is 1. The number of hydrogen-bond donors (Lipinski definition) is 2. The van der Waals surface area contributed by atoms with Crippen LogP contribution in [0.3, 0.4) is 0 Å². The van der Waals surface area contributed by atoms with Crippen molar-refractivity contribution in [2.75, 3.05) is 51.3 Å². The first-order chi connectivity index (χ1) is 16.9. The molecule has 2 N–H and O–H groups in total. The molecule has 186 valence electrons. The van der Waals surface area contributed by atoms with Crippen molar-refractivity contribution in [2.45, 2.75) is 26.8 Å². The second kappa shape index (κ2) is 10.8. The van der Waals surface area contributed by atoms with Crippen molar-refractivity contribution in [2.24, 2.45) is 0 Å². The number of methoxy groups -OCH3 is 1. The maximum absolute atomic E-state index is 13.1. The molecule has 0 saturated carbocycles. The minimum absolute atomic E-state index is 0.253. The summed E-state index contributed by atoms with van der Waals surface area (Å²) in [6.45, 7) is 10.1. The van der Waals surface area contributed by atoms with Gasteiger partial charge in [-0.3, -0.25) is 4.90 Å². The Labute approximate surface area is 206 Å². The summed E-state index contributed by atoms with van der Waals surface area (Å²) < 4.78 is 10.8. The molecule has 2 aliphatic rings. The first kappa shape index (κ1) is 24.6. The predicted molar refractivity (Wildman–Crippen MR) is 136 cm³/mol. The number of nitrogens with one attached hydrogen (secondary N) is 2. The number of carbonyl (C=O) groups is 2. The molecule has 1 atom stereocenters. The van der Waals surface area contributed by atoms with Crippen molar-refractivity contribution < 1.29 is 19.1 Å². The molecule has 8 heteroatoms. The van der Waals surface area contributed by atoms with Gasteiger partial charge in [-0.1, -0.05) is 24.3 Å². The van der Waals surface area contributed by atoms with Gasteiger partial charge in [0.05, 0.1) is 25.3 Å². The Kier molecular flexibility index (Phi) is 7.60. The Balaban J connectivity index is 1.57. The summed E-state index contributed by atoms with van der Waals surface area (Å²) in [7, 11) is 1.59. The molecule has 4 rings (SSSR count). The van der Waals surface area contributed by atoms with Crippen LogP contribution in [0.15, 0.2) is 53.7 Å². The van der Waals surface area contributed by atoms with E-state index >= 15 is 0 Å². The quantitative estimate of drug-likeness (QED) is 0.594. The van der Waals surface area contributed by atoms with E-state index in [9.17, 15) is 9.59 Å². The van der Waals surface area contributed by atoms with Crippen LogP contribution in [-0.4, -0.2) is 63.3 Å². The van der Waals surface area contributed by atoms with Gasteiger partial charge in [-0.15, -0.1) is 0 Å². The standard InChI is InChI=1S/C27H34N4O4/c1-5-35-26(32)24-22(28-27(33)29-25(24)20-7-6-8-21(16-20)34-4)17-30-11-13-31(14-12-30)23-15-18(2)9-10-19(23)3/h6-10,15-16,25H,5,11-14,17H2,1-4H3,(H2,28,29,33)/t25-/m0/s1. The summed E-state index contributed by atoms with van der Waals surface area (Å²) in [4.78, 5) is 30.4. The van der Waals surface area contributed by atoms with Gasteiger partial charge in [-0.05, 0) is 55.7 Å². The van der Waals surface area contributed by atoms with Crippen LogP contribution in [0.25, 0.3) is 0 Å². The normalized spacial score (nSPS) is 18.7. The summed E-state index contributed by atoms with van der Waals surface area (Å²) in [5, 5.41) is 5.77. The lowest BCUT2D eigenvalue weighted by Crippen LogP contribution is -2.52. The molecule has 2 aromatic carbocycles. The topological polar surface area (TPSA) is 83.1 Å². The summed E-state index contributed by atoms with van der Waals surface area (Å²) in [5.74, 6) is 0.222. The van der Waals surface area contributed by atoms with Crippen molar-refractivity contribution >= 4 is 17.7 Å². The van der Waals surface area contributed by atoms with E-state index in [2.05, 4.69) is 52.5 Å². The second-order valence-electron chi connectivity index (χ2n) is 8.97. The molecule has 2 aliphatic heterocycles. The van der Waals surface area contributed by atoms with Crippen LogP contribution in [0.1, 0.15) is 29.7 Å². The summed E-state index contributed by atoms with van der Waals surface area (Å²) in [6.07, 6.45) is 0. The van der Waals surface area contributed by atoms with Gasteiger partial charge in [0.1, 0.15) is 5.75 Å². The molecule has 35 heavy (non-hydrogen) atoms. The smallest absolute Gasteiger partial charge is 0.338 e. The molecule has 0 radical (unpaired) electrons. The van der Waals surface area contributed by atoms with E-state index in [0.29, 0.717) is 23.6 Å². The molecule has 0 bridgehead atoms. The molecule has 2 aromatic rings. The number of ether oxygens (including phenoxy) is 2. The predicted octanol–water partition coefficient (Wildman–Crippen LogP) is 3.31. The summed E-state index contributed by atoms with van der Waals surface area (Å²) in [5.41, 5.74) is 5.56. The number of hydrogen-bond acceptors (Lipinski definition) is 6. The molecule has 0 aliphatic carbocycles. The third kappa shape index (κ3) is 5.59. The highest BCUT2D eigenvalue weighted by molar-refractivity contribution is 5.95. The number of benzene rings is 2. The second-order valence-corrected chi connectivity index (χ2v) is 8.97. The first-order valence-electron chi connectivity index (χ1n) is 12.1. The zero-order chi connectivity index (χ0) is 24.9. The summed E-state index contributed by atoms with van der Waals surface area (Å²) >= 11 is 0. The maximum Gasteiger partial charge on any atom is 0.338 e. The minimum Gasteiger partial charge on any atom is -0.497 e.